The van der Waals surface area contributed by atoms with Gasteiger partial charge in [-0.25, -0.2) is 4.68 Å². The van der Waals surface area contributed by atoms with Crippen LogP contribution in [0.1, 0.15) is 16.1 Å². The lowest BCUT2D eigenvalue weighted by molar-refractivity contribution is 0.0949. The number of nitrogens with zero attached hydrogens (tertiary/aromatic N) is 3. The van der Waals surface area contributed by atoms with Gasteiger partial charge in [0.15, 0.2) is 5.69 Å². The molecular weight excluding hydrogens is 242 g/mol. The average Bonchev–Trinajstić information content (AvgIpc) is 2.89. The number of rotatable bonds is 6. The van der Waals surface area contributed by atoms with Crippen molar-refractivity contribution in [3.05, 3.63) is 47.8 Å². The van der Waals surface area contributed by atoms with Gasteiger partial charge in [0, 0.05) is 13.1 Å². The second-order valence-corrected chi connectivity index (χ2v) is 4.15. The van der Waals surface area contributed by atoms with E-state index in [9.17, 15) is 4.79 Å². The lowest BCUT2D eigenvalue weighted by atomic mass is 10.2. The van der Waals surface area contributed by atoms with Crippen molar-refractivity contribution < 1.29 is 4.79 Å². The maximum atomic E-state index is 11.7. The Kier molecular flexibility index (Phi) is 4.63. The highest BCUT2D eigenvalue weighted by Gasteiger charge is 2.09. The summed E-state index contributed by atoms with van der Waals surface area (Å²) in [5.74, 6) is -0.199. The number of benzene rings is 1. The Morgan fingerprint density at radius 2 is 2.05 bits per heavy atom. The van der Waals surface area contributed by atoms with Gasteiger partial charge in [-0.2, -0.15) is 0 Å². The number of nitrogens with one attached hydrogen (secondary N) is 2. The Bertz CT molecular complexity index is 523. The summed E-state index contributed by atoms with van der Waals surface area (Å²) >= 11 is 0. The highest BCUT2D eigenvalue weighted by Crippen LogP contribution is 2.02. The second-order valence-electron chi connectivity index (χ2n) is 4.15. The monoisotopic (exact) mass is 259 g/mol. The van der Waals surface area contributed by atoms with Crippen molar-refractivity contribution in [3.8, 4) is 0 Å². The molecule has 2 rings (SSSR count). The van der Waals surface area contributed by atoms with Gasteiger partial charge in [0.1, 0.15) is 0 Å². The first-order chi connectivity index (χ1) is 9.29. The quantitative estimate of drug-likeness (QED) is 0.731. The Hall–Kier alpha value is -2.21. The molecule has 0 aliphatic rings. The summed E-state index contributed by atoms with van der Waals surface area (Å²) in [7, 11) is 1.84. The van der Waals surface area contributed by atoms with E-state index < -0.39 is 0 Å². The molecule has 0 fully saturated rings. The SMILES string of the molecule is CNCCNC(=O)c1cn(Cc2ccccc2)nn1. The van der Waals surface area contributed by atoms with Crippen LogP contribution in [0.2, 0.25) is 0 Å². The molecule has 19 heavy (non-hydrogen) atoms. The van der Waals surface area contributed by atoms with Crippen molar-refractivity contribution in [1.82, 2.24) is 25.6 Å². The molecule has 1 aromatic heterocycles. The molecule has 2 N–H and O–H groups in total. The average molecular weight is 259 g/mol. The van der Waals surface area contributed by atoms with E-state index in [0.717, 1.165) is 12.1 Å². The Morgan fingerprint density at radius 1 is 1.26 bits per heavy atom. The van der Waals surface area contributed by atoms with Crippen molar-refractivity contribution in [3.63, 3.8) is 0 Å². The molecule has 1 amide bonds. The van der Waals surface area contributed by atoms with E-state index >= 15 is 0 Å². The predicted molar refractivity (Wildman–Crippen MR) is 71.8 cm³/mol. The third-order valence-corrected chi connectivity index (χ3v) is 2.62. The van der Waals surface area contributed by atoms with Gasteiger partial charge in [-0.1, -0.05) is 35.5 Å². The van der Waals surface area contributed by atoms with Crippen LogP contribution in [0.25, 0.3) is 0 Å². The number of carbonyl (C=O) groups excluding carboxylic acids is 1. The van der Waals surface area contributed by atoms with Gasteiger partial charge in [0.25, 0.3) is 5.91 Å². The second kappa shape index (κ2) is 6.65. The number of likely N-dealkylation sites (N-methyl/N-ethyl adjacent to an activating group) is 1. The molecule has 0 saturated carbocycles. The molecule has 1 heterocycles. The molecule has 0 radical (unpaired) electrons. The zero-order valence-electron chi connectivity index (χ0n) is 10.8. The fourth-order valence-corrected chi connectivity index (χ4v) is 1.64. The minimum Gasteiger partial charge on any atom is -0.349 e. The van der Waals surface area contributed by atoms with E-state index in [1.807, 2.05) is 37.4 Å². The summed E-state index contributed by atoms with van der Waals surface area (Å²) in [5.41, 5.74) is 1.46. The number of hydrogen-bond acceptors (Lipinski definition) is 4. The van der Waals surface area contributed by atoms with E-state index in [2.05, 4.69) is 20.9 Å². The zero-order valence-corrected chi connectivity index (χ0v) is 10.8. The third-order valence-electron chi connectivity index (χ3n) is 2.62. The highest BCUT2D eigenvalue weighted by molar-refractivity contribution is 5.91. The minimum absolute atomic E-state index is 0.199. The normalized spacial score (nSPS) is 10.4. The highest BCUT2D eigenvalue weighted by atomic mass is 16.2. The van der Waals surface area contributed by atoms with Crippen LogP contribution >= 0.6 is 0 Å². The Labute approximate surface area is 111 Å². The molecule has 6 heteroatoms. The largest absolute Gasteiger partial charge is 0.349 e. The van der Waals surface area contributed by atoms with Crippen molar-refractivity contribution in [1.29, 1.82) is 0 Å². The summed E-state index contributed by atoms with van der Waals surface area (Å²) in [4.78, 5) is 11.7. The van der Waals surface area contributed by atoms with E-state index in [-0.39, 0.29) is 5.91 Å². The first-order valence-corrected chi connectivity index (χ1v) is 6.16. The molecule has 0 bridgehead atoms. The first-order valence-electron chi connectivity index (χ1n) is 6.16. The molecule has 0 aliphatic heterocycles. The Balaban J connectivity index is 1.93. The molecule has 0 spiro atoms. The number of hydrogen-bond donors (Lipinski definition) is 2. The Morgan fingerprint density at radius 3 is 2.79 bits per heavy atom. The maximum Gasteiger partial charge on any atom is 0.273 e. The van der Waals surface area contributed by atoms with Crippen molar-refractivity contribution in [2.75, 3.05) is 20.1 Å². The van der Waals surface area contributed by atoms with E-state index in [1.54, 1.807) is 10.9 Å². The van der Waals surface area contributed by atoms with Gasteiger partial charge in [0.2, 0.25) is 0 Å². The molecule has 0 aliphatic carbocycles. The van der Waals surface area contributed by atoms with Gasteiger partial charge in [-0.15, -0.1) is 5.10 Å². The standard InChI is InChI=1S/C13H17N5O/c1-14-7-8-15-13(19)12-10-18(17-16-12)9-11-5-3-2-4-6-11/h2-6,10,14H,7-9H2,1H3,(H,15,19). The summed E-state index contributed by atoms with van der Waals surface area (Å²) < 4.78 is 1.66. The predicted octanol–water partition coefficient (Wildman–Crippen LogP) is 0.276. The van der Waals surface area contributed by atoms with Gasteiger partial charge in [-0.05, 0) is 12.6 Å². The molecule has 0 saturated heterocycles. The topological polar surface area (TPSA) is 71.8 Å². The van der Waals surface area contributed by atoms with Crippen molar-refractivity contribution >= 4 is 5.91 Å². The summed E-state index contributed by atoms with van der Waals surface area (Å²) in [6, 6.07) is 9.92. The van der Waals surface area contributed by atoms with E-state index in [4.69, 9.17) is 0 Å². The molecule has 0 atom stereocenters. The lowest BCUT2D eigenvalue weighted by Gasteiger charge is -2.01. The van der Waals surface area contributed by atoms with Crippen LogP contribution < -0.4 is 10.6 Å². The van der Waals surface area contributed by atoms with Crippen molar-refractivity contribution in [2.45, 2.75) is 6.54 Å². The number of amides is 1. The minimum atomic E-state index is -0.199. The van der Waals surface area contributed by atoms with Gasteiger partial charge in [-0.3, -0.25) is 4.79 Å². The van der Waals surface area contributed by atoms with Crippen LogP contribution in [0, 0.1) is 0 Å². The van der Waals surface area contributed by atoms with Gasteiger partial charge < -0.3 is 10.6 Å². The number of aromatic nitrogens is 3. The molecule has 0 unspecified atom stereocenters. The fourth-order valence-electron chi connectivity index (χ4n) is 1.64. The number of carbonyl (C=O) groups is 1. The van der Waals surface area contributed by atoms with Crippen LogP contribution in [0.4, 0.5) is 0 Å². The summed E-state index contributed by atoms with van der Waals surface area (Å²) in [6.45, 7) is 1.91. The molecule has 100 valence electrons. The third kappa shape index (κ3) is 3.89. The molecular formula is C13H17N5O. The van der Waals surface area contributed by atoms with Crippen molar-refractivity contribution in [2.24, 2.45) is 0 Å². The van der Waals surface area contributed by atoms with Crippen LogP contribution in [-0.2, 0) is 6.54 Å². The molecule has 6 nitrogen and oxygen atoms in total. The smallest absolute Gasteiger partial charge is 0.273 e. The van der Waals surface area contributed by atoms with Crippen LogP contribution in [0.5, 0.6) is 0 Å². The van der Waals surface area contributed by atoms with Crippen LogP contribution in [-0.4, -0.2) is 41.0 Å². The lowest BCUT2D eigenvalue weighted by Crippen LogP contribution is -2.30. The van der Waals surface area contributed by atoms with Gasteiger partial charge >= 0.3 is 0 Å². The van der Waals surface area contributed by atoms with Crippen LogP contribution in [0.3, 0.4) is 0 Å². The maximum absolute atomic E-state index is 11.7. The van der Waals surface area contributed by atoms with E-state index in [0.29, 0.717) is 18.8 Å². The molecule has 2 aromatic rings. The first kappa shape index (κ1) is 13.2. The molecule has 1 aromatic carbocycles. The fraction of sp³-hybridized carbons (Fsp3) is 0.308. The van der Waals surface area contributed by atoms with E-state index in [1.165, 1.54) is 0 Å². The summed E-state index contributed by atoms with van der Waals surface area (Å²) in [5, 5.41) is 13.5. The van der Waals surface area contributed by atoms with Crippen LogP contribution in [0.15, 0.2) is 36.5 Å². The van der Waals surface area contributed by atoms with Gasteiger partial charge in [0.05, 0.1) is 12.7 Å². The summed E-state index contributed by atoms with van der Waals surface area (Å²) in [6.07, 6.45) is 1.65. The zero-order chi connectivity index (χ0) is 13.5.